The summed E-state index contributed by atoms with van der Waals surface area (Å²) in [6, 6.07) is 0. The summed E-state index contributed by atoms with van der Waals surface area (Å²) in [5.74, 6) is 0. The molecule has 1 rings (SSSR count). The highest BCUT2D eigenvalue weighted by Crippen LogP contribution is 1.80. The van der Waals surface area contributed by atoms with Gasteiger partial charge < -0.3 is 5.11 Å². The van der Waals surface area contributed by atoms with Crippen molar-refractivity contribution in [2.45, 2.75) is 6.54 Å². The third kappa shape index (κ3) is 1.56. The zero-order chi connectivity index (χ0) is 6.53. The highest BCUT2D eigenvalue weighted by Gasteiger charge is 1.82. The van der Waals surface area contributed by atoms with Crippen molar-refractivity contribution in [2.75, 3.05) is 0 Å². The summed E-state index contributed by atoms with van der Waals surface area (Å²) in [7, 11) is 0. The van der Waals surface area contributed by atoms with E-state index in [9.17, 15) is 0 Å². The Morgan fingerprint density at radius 1 is 1.67 bits per heavy atom. The molecule has 0 amide bonds. The lowest BCUT2D eigenvalue weighted by atomic mass is 10.6. The van der Waals surface area contributed by atoms with E-state index in [2.05, 4.69) is 10.3 Å². The van der Waals surface area contributed by atoms with Crippen molar-refractivity contribution in [1.29, 1.82) is 0 Å². The van der Waals surface area contributed by atoms with Gasteiger partial charge >= 0.3 is 0 Å². The number of nitrogens with zero attached hydrogens (tertiary/aromatic N) is 3. The summed E-state index contributed by atoms with van der Waals surface area (Å²) in [5.41, 5.74) is 0. The van der Waals surface area contributed by atoms with Crippen molar-refractivity contribution >= 4 is 0 Å². The lowest BCUT2D eigenvalue weighted by molar-refractivity contribution is 0.467. The molecule has 0 aliphatic heterocycles. The molecule has 0 aliphatic rings. The quantitative estimate of drug-likeness (QED) is 0.580. The first kappa shape index (κ1) is 5.81. The molecular formula is C5H7N3O. The highest BCUT2D eigenvalue weighted by atomic mass is 16.2. The predicted octanol–water partition coefficient (Wildman–Crippen LogP) is 0.350. The smallest absolute Gasteiger partial charge is 0.0770 e. The van der Waals surface area contributed by atoms with Crippen LogP contribution >= 0.6 is 0 Å². The molecule has 1 aromatic heterocycles. The molecule has 9 heavy (non-hydrogen) atoms. The summed E-state index contributed by atoms with van der Waals surface area (Å²) in [6.07, 6.45) is 5.88. The predicted molar refractivity (Wildman–Crippen MR) is 31.8 cm³/mol. The van der Waals surface area contributed by atoms with Gasteiger partial charge in [0.15, 0.2) is 0 Å². The molecule has 4 nitrogen and oxygen atoms in total. The van der Waals surface area contributed by atoms with Crippen molar-refractivity contribution < 1.29 is 5.11 Å². The van der Waals surface area contributed by atoms with E-state index in [0.717, 1.165) is 6.26 Å². The Kier molecular flexibility index (Phi) is 1.85. The molecule has 0 unspecified atom stereocenters. The molecule has 0 spiro atoms. The lowest BCUT2D eigenvalue weighted by Crippen LogP contribution is -1.94. The minimum absolute atomic E-state index is 0.566. The normalized spacial score (nSPS) is 10.7. The summed E-state index contributed by atoms with van der Waals surface area (Å²) in [6.45, 7) is 0.566. The van der Waals surface area contributed by atoms with Gasteiger partial charge in [-0.25, -0.2) is 4.68 Å². The highest BCUT2D eigenvalue weighted by molar-refractivity contribution is 4.74. The van der Waals surface area contributed by atoms with E-state index in [1.165, 1.54) is 0 Å². The van der Waals surface area contributed by atoms with E-state index in [1.807, 2.05) is 0 Å². The lowest BCUT2D eigenvalue weighted by Gasteiger charge is -1.88. The molecule has 48 valence electrons. The zero-order valence-corrected chi connectivity index (χ0v) is 4.81. The average molecular weight is 125 g/mol. The van der Waals surface area contributed by atoms with Crippen LogP contribution in [0.1, 0.15) is 0 Å². The Morgan fingerprint density at radius 2 is 2.56 bits per heavy atom. The van der Waals surface area contributed by atoms with Crippen molar-refractivity contribution in [1.82, 2.24) is 15.0 Å². The van der Waals surface area contributed by atoms with Gasteiger partial charge in [-0.2, -0.15) is 0 Å². The van der Waals surface area contributed by atoms with Gasteiger partial charge in [0.2, 0.25) is 0 Å². The fourth-order valence-electron chi connectivity index (χ4n) is 0.485. The van der Waals surface area contributed by atoms with Gasteiger partial charge in [0.1, 0.15) is 0 Å². The van der Waals surface area contributed by atoms with Crippen LogP contribution in [0.25, 0.3) is 0 Å². The fourth-order valence-corrected chi connectivity index (χ4v) is 0.485. The zero-order valence-electron chi connectivity index (χ0n) is 4.81. The molecular weight excluding hydrogens is 118 g/mol. The van der Waals surface area contributed by atoms with E-state index in [-0.39, 0.29) is 0 Å². The van der Waals surface area contributed by atoms with Crippen LogP contribution in [0.4, 0.5) is 0 Å². The molecule has 0 aromatic carbocycles. The summed E-state index contributed by atoms with van der Waals surface area (Å²) in [4.78, 5) is 0. The number of hydrogen-bond donors (Lipinski definition) is 1. The second-order valence-electron chi connectivity index (χ2n) is 1.51. The van der Waals surface area contributed by atoms with Crippen LogP contribution in [-0.2, 0) is 6.54 Å². The Balaban J connectivity index is 2.48. The third-order valence-electron chi connectivity index (χ3n) is 0.870. The minimum atomic E-state index is 0.566. The molecule has 0 saturated carbocycles. The second-order valence-corrected chi connectivity index (χ2v) is 1.51. The standard InChI is InChI=1S/C5H7N3O/c9-5-1-3-8-4-2-6-7-8/h1-2,4-5,9H,3H2. The number of aromatic nitrogens is 3. The summed E-state index contributed by atoms with van der Waals surface area (Å²) in [5, 5.41) is 15.5. The number of rotatable bonds is 2. The molecule has 0 atom stereocenters. The van der Waals surface area contributed by atoms with E-state index in [1.54, 1.807) is 23.2 Å². The fraction of sp³-hybridized carbons (Fsp3) is 0.200. The Hall–Kier alpha value is -1.32. The molecule has 4 heteroatoms. The van der Waals surface area contributed by atoms with Crippen LogP contribution in [-0.4, -0.2) is 20.1 Å². The molecule has 1 heterocycles. The number of hydrogen-bond acceptors (Lipinski definition) is 3. The van der Waals surface area contributed by atoms with Crippen molar-refractivity contribution in [3.8, 4) is 0 Å². The maximum atomic E-state index is 8.22. The number of aliphatic hydroxyl groups is 1. The van der Waals surface area contributed by atoms with Crippen molar-refractivity contribution in [2.24, 2.45) is 0 Å². The van der Waals surface area contributed by atoms with Crippen LogP contribution < -0.4 is 0 Å². The molecule has 0 fully saturated rings. The van der Waals surface area contributed by atoms with E-state index >= 15 is 0 Å². The first-order chi connectivity index (χ1) is 4.43. The van der Waals surface area contributed by atoms with Crippen LogP contribution in [0, 0.1) is 0 Å². The molecule has 1 aromatic rings. The Bertz CT molecular complexity index is 180. The van der Waals surface area contributed by atoms with Crippen LogP contribution in [0.5, 0.6) is 0 Å². The van der Waals surface area contributed by atoms with Crippen LogP contribution in [0.3, 0.4) is 0 Å². The first-order valence-corrected chi connectivity index (χ1v) is 2.57. The van der Waals surface area contributed by atoms with Gasteiger partial charge in [-0.05, 0) is 6.08 Å². The first-order valence-electron chi connectivity index (χ1n) is 2.57. The monoisotopic (exact) mass is 125 g/mol. The minimum Gasteiger partial charge on any atom is -0.516 e. The third-order valence-corrected chi connectivity index (χ3v) is 0.870. The second kappa shape index (κ2) is 2.86. The van der Waals surface area contributed by atoms with Gasteiger partial charge in [0.25, 0.3) is 0 Å². The topological polar surface area (TPSA) is 50.9 Å². The van der Waals surface area contributed by atoms with Crippen LogP contribution in [0.2, 0.25) is 0 Å². The van der Waals surface area contributed by atoms with Gasteiger partial charge in [0.05, 0.1) is 19.0 Å². The van der Waals surface area contributed by atoms with Gasteiger partial charge in [-0.3, -0.25) is 0 Å². The largest absolute Gasteiger partial charge is 0.516 e. The molecule has 0 aliphatic carbocycles. The van der Waals surface area contributed by atoms with Gasteiger partial charge in [-0.15, -0.1) is 5.10 Å². The Labute approximate surface area is 52.4 Å². The molecule has 0 bridgehead atoms. The molecule has 0 saturated heterocycles. The molecule has 1 N–H and O–H groups in total. The summed E-state index contributed by atoms with van der Waals surface area (Å²) < 4.78 is 1.60. The van der Waals surface area contributed by atoms with Crippen molar-refractivity contribution in [3.05, 3.63) is 24.7 Å². The van der Waals surface area contributed by atoms with Gasteiger partial charge in [-0.1, -0.05) is 5.21 Å². The SMILES string of the molecule is OC=CCn1ccnn1. The average Bonchev–Trinajstić information content (AvgIpc) is 2.34. The number of aliphatic hydroxyl groups excluding tert-OH is 1. The maximum absolute atomic E-state index is 8.22. The Morgan fingerprint density at radius 3 is 3.11 bits per heavy atom. The van der Waals surface area contributed by atoms with Gasteiger partial charge in [0, 0.05) is 6.20 Å². The van der Waals surface area contributed by atoms with E-state index < -0.39 is 0 Å². The number of allylic oxidation sites excluding steroid dienone is 1. The molecule has 0 radical (unpaired) electrons. The van der Waals surface area contributed by atoms with E-state index in [0.29, 0.717) is 6.54 Å². The summed E-state index contributed by atoms with van der Waals surface area (Å²) >= 11 is 0. The van der Waals surface area contributed by atoms with E-state index in [4.69, 9.17) is 5.11 Å². The van der Waals surface area contributed by atoms with Crippen LogP contribution in [0.15, 0.2) is 24.7 Å². The van der Waals surface area contributed by atoms with Crippen molar-refractivity contribution in [3.63, 3.8) is 0 Å². The maximum Gasteiger partial charge on any atom is 0.0770 e.